The summed E-state index contributed by atoms with van der Waals surface area (Å²) in [7, 11) is 0. The van der Waals surface area contributed by atoms with Gasteiger partial charge in [0.25, 0.3) is 0 Å². The molecule has 3 nitrogen and oxygen atoms in total. The number of nitrogens with one attached hydrogen (secondary N) is 2. The molecule has 0 saturated carbocycles. The molecule has 1 aromatic carbocycles. The van der Waals surface area contributed by atoms with Crippen LogP contribution < -0.4 is 10.6 Å². The van der Waals surface area contributed by atoms with Crippen molar-refractivity contribution < 1.29 is 4.79 Å². The average Bonchev–Trinajstić information content (AvgIpc) is 2.83. The summed E-state index contributed by atoms with van der Waals surface area (Å²) in [6.45, 7) is 5.85. The van der Waals surface area contributed by atoms with Crippen LogP contribution in [0.4, 0.5) is 5.69 Å². The highest BCUT2D eigenvalue weighted by atomic mass is 79.9. The van der Waals surface area contributed by atoms with Crippen LogP contribution >= 0.6 is 47.8 Å². The van der Waals surface area contributed by atoms with Crippen LogP contribution in [0.15, 0.2) is 25.6 Å². The summed E-state index contributed by atoms with van der Waals surface area (Å²) >= 11 is 10.4. The van der Waals surface area contributed by atoms with Crippen LogP contribution in [0.25, 0.3) is 0 Å². The van der Waals surface area contributed by atoms with Crippen molar-refractivity contribution in [2.75, 3.05) is 18.4 Å². The summed E-state index contributed by atoms with van der Waals surface area (Å²) in [5.74, 6) is 0.381. The predicted molar refractivity (Wildman–Crippen MR) is 92.9 cm³/mol. The lowest BCUT2D eigenvalue weighted by atomic mass is 9.75. The predicted octanol–water partition coefficient (Wildman–Crippen LogP) is 4.55. The van der Waals surface area contributed by atoms with Crippen molar-refractivity contribution in [3.8, 4) is 0 Å². The molecule has 0 aliphatic carbocycles. The zero-order valence-corrected chi connectivity index (χ0v) is 16.2. The number of anilines is 1. The quantitative estimate of drug-likeness (QED) is 0.683. The Balaban J connectivity index is 2.28. The molecule has 1 aliphatic heterocycles. The number of carbonyl (C=O) groups excluding carboxylic acids is 1. The Morgan fingerprint density at radius 3 is 2.35 bits per heavy atom. The van der Waals surface area contributed by atoms with Crippen LogP contribution in [0.3, 0.4) is 0 Å². The van der Waals surface area contributed by atoms with Gasteiger partial charge in [-0.3, -0.25) is 4.79 Å². The standard InChI is InChI=1S/C14H17Br3N2O/c1-8(2)14(3-4-18-7-14)13(20)19-12-10(16)5-9(15)6-11(12)17/h5-6,8,18H,3-4,7H2,1-2H3,(H,19,20). The smallest absolute Gasteiger partial charge is 0.232 e. The molecule has 0 spiro atoms. The molecule has 1 atom stereocenters. The summed E-state index contributed by atoms with van der Waals surface area (Å²) in [5.41, 5.74) is 0.455. The normalized spacial score (nSPS) is 22.3. The Morgan fingerprint density at radius 2 is 1.90 bits per heavy atom. The van der Waals surface area contributed by atoms with Gasteiger partial charge in [0.15, 0.2) is 0 Å². The largest absolute Gasteiger partial charge is 0.324 e. The van der Waals surface area contributed by atoms with Gasteiger partial charge in [-0.05, 0) is 62.9 Å². The van der Waals surface area contributed by atoms with Gasteiger partial charge in [-0.2, -0.15) is 0 Å². The summed E-state index contributed by atoms with van der Waals surface area (Å²) in [4.78, 5) is 12.8. The van der Waals surface area contributed by atoms with E-state index in [0.29, 0.717) is 5.92 Å². The first-order valence-electron chi connectivity index (χ1n) is 6.53. The van der Waals surface area contributed by atoms with E-state index < -0.39 is 0 Å². The van der Waals surface area contributed by atoms with E-state index in [9.17, 15) is 4.79 Å². The van der Waals surface area contributed by atoms with Gasteiger partial charge in [0.05, 0.1) is 11.1 Å². The highest BCUT2D eigenvalue weighted by molar-refractivity contribution is 9.11. The van der Waals surface area contributed by atoms with Crippen LogP contribution in [0.2, 0.25) is 0 Å². The lowest BCUT2D eigenvalue weighted by Gasteiger charge is -2.31. The van der Waals surface area contributed by atoms with Crippen molar-refractivity contribution in [1.82, 2.24) is 5.32 Å². The minimum Gasteiger partial charge on any atom is -0.324 e. The molecule has 1 saturated heterocycles. The number of amides is 1. The molecule has 1 heterocycles. The highest BCUT2D eigenvalue weighted by Crippen LogP contribution is 2.39. The van der Waals surface area contributed by atoms with E-state index in [1.54, 1.807) is 0 Å². The molecule has 2 N–H and O–H groups in total. The molecule has 1 aliphatic rings. The maximum Gasteiger partial charge on any atom is 0.232 e. The Bertz CT molecular complexity index is 502. The van der Waals surface area contributed by atoms with Gasteiger partial charge in [0, 0.05) is 20.0 Å². The van der Waals surface area contributed by atoms with Gasteiger partial charge in [-0.1, -0.05) is 29.8 Å². The van der Waals surface area contributed by atoms with Gasteiger partial charge in [0.2, 0.25) is 5.91 Å². The zero-order chi connectivity index (χ0) is 14.9. The minimum absolute atomic E-state index is 0.0845. The van der Waals surface area contributed by atoms with Gasteiger partial charge in [0.1, 0.15) is 0 Å². The fourth-order valence-corrected chi connectivity index (χ4v) is 5.02. The molecule has 1 aromatic rings. The topological polar surface area (TPSA) is 41.1 Å². The van der Waals surface area contributed by atoms with E-state index in [0.717, 1.165) is 38.6 Å². The fourth-order valence-electron chi connectivity index (χ4n) is 2.56. The maximum atomic E-state index is 12.8. The number of hydrogen-bond acceptors (Lipinski definition) is 2. The summed E-state index contributed by atoms with van der Waals surface area (Å²) in [6, 6.07) is 3.85. The second-order valence-electron chi connectivity index (χ2n) is 5.44. The fraction of sp³-hybridized carbons (Fsp3) is 0.500. The lowest BCUT2D eigenvalue weighted by molar-refractivity contribution is -0.126. The van der Waals surface area contributed by atoms with Gasteiger partial charge in [-0.25, -0.2) is 0 Å². The Labute approximate surface area is 144 Å². The minimum atomic E-state index is -0.327. The number of carbonyl (C=O) groups is 1. The molecular weight excluding hydrogens is 452 g/mol. The van der Waals surface area contributed by atoms with E-state index in [-0.39, 0.29) is 11.3 Å². The molecule has 0 radical (unpaired) electrons. The molecule has 6 heteroatoms. The number of rotatable bonds is 3. The van der Waals surface area contributed by atoms with Crippen molar-refractivity contribution in [2.24, 2.45) is 11.3 Å². The molecule has 1 amide bonds. The molecule has 20 heavy (non-hydrogen) atoms. The van der Waals surface area contributed by atoms with Gasteiger partial charge in [-0.15, -0.1) is 0 Å². The van der Waals surface area contributed by atoms with E-state index in [4.69, 9.17) is 0 Å². The van der Waals surface area contributed by atoms with Crippen LogP contribution in [0.5, 0.6) is 0 Å². The van der Waals surface area contributed by atoms with Crippen molar-refractivity contribution in [1.29, 1.82) is 0 Å². The average molecular weight is 469 g/mol. The van der Waals surface area contributed by atoms with Crippen LogP contribution in [-0.4, -0.2) is 19.0 Å². The van der Waals surface area contributed by atoms with Crippen molar-refractivity contribution in [2.45, 2.75) is 20.3 Å². The molecular formula is C14H17Br3N2O. The van der Waals surface area contributed by atoms with Gasteiger partial charge >= 0.3 is 0 Å². The summed E-state index contributed by atoms with van der Waals surface area (Å²) < 4.78 is 2.67. The molecule has 0 aromatic heterocycles. The van der Waals surface area contributed by atoms with Gasteiger partial charge < -0.3 is 10.6 Å². The third-order valence-electron chi connectivity index (χ3n) is 3.99. The maximum absolute atomic E-state index is 12.8. The van der Waals surface area contributed by atoms with Crippen LogP contribution in [0.1, 0.15) is 20.3 Å². The summed E-state index contributed by atoms with van der Waals surface area (Å²) in [5, 5.41) is 6.38. The molecule has 1 unspecified atom stereocenters. The van der Waals surface area contributed by atoms with Crippen molar-refractivity contribution >= 4 is 59.4 Å². The van der Waals surface area contributed by atoms with Crippen LogP contribution in [-0.2, 0) is 4.79 Å². The molecule has 0 bridgehead atoms. The Hall–Kier alpha value is 0.0900. The number of halogens is 3. The number of hydrogen-bond donors (Lipinski definition) is 2. The van der Waals surface area contributed by atoms with E-state index in [2.05, 4.69) is 72.3 Å². The summed E-state index contributed by atoms with van der Waals surface area (Å²) in [6.07, 6.45) is 0.877. The number of benzene rings is 1. The lowest BCUT2D eigenvalue weighted by Crippen LogP contribution is -2.42. The highest BCUT2D eigenvalue weighted by Gasteiger charge is 2.44. The Kier molecular flexibility index (Phi) is 5.32. The second kappa shape index (κ2) is 6.46. The SMILES string of the molecule is CC(C)C1(C(=O)Nc2c(Br)cc(Br)cc2Br)CCNC1. The zero-order valence-electron chi connectivity index (χ0n) is 11.4. The van der Waals surface area contributed by atoms with E-state index in [1.807, 2.05) is 12.1 Å². The Morgan fingerprint density at radius 1 is 1.30 bits per heavy atom. The second-order valence-corrected chi connectivity index (χ2v) is 8.06. The molecule has 2 rings (SSSR count). The first-order chi connectivity index (χ1) is 9.36. The van der Waals surface area contributed by atoms with Crippen LogP contribution in [0, 0.1) is 11.3 Å². The molecule has 110 valence electrons. The first-order valence-corrected chi connectivity index (χ1v) is 8.91. The van der Waals surface area contributed by atoms with Crippen molar-refractivity contribution in [3.63, 3.8) is 0 Å². The third kappa shape index (κ3) is 3.13. The van der Waals surface area contributed by atoms with E-state index in [1.165, 1.54) is 0 Å². The molecule has 1 fully saturated rings. The van der Waals surface area contributed by atoms with E-state index >= 15 is 0 Å². The van der Waals surface area contributed by atoms with Crippen molar-refractivity contribution in [3.05, 3.63) is 25.6 Å². The third-order valence-corrected chi connectivity index (χ3v) is 5.70. The first kappa shape index (κ1) is 16.5. The monoisotopic (exact) mass is 466 g/mol.